The molecule has 0 aliphatic rings. The normalized spacial score (nSPS) is 11.8. The number of hydrogen-bond acceptors (Lipinski definition) is 3. The number of anilines is 1. The van der Waals surface area contributed by atoms with E-state index in [0.29, 0.717) is 28.6 Å². The molecule has 1 atom stereocenters. The molecule has 5 heteroatoms. The molecule has 0 aliphatic heterocycles. The molecule has 21 heavy (non-hydrogen) atoms. The summed E-state index contributed by atoms with van der Waals surface area (Å²) in [6.45, 7) is 2.38. The lowest BCUT2D eigenvalue weighted by Crippen LogP contribution is -2.20. The van der Waals surface area contributed by atoms with Crippen LogP contribution in [-0.4, -0.2) is 17.6 Å². The number of nitrogens with one attached hydrogen (secondary N) is 1. The second-order valence-corrected chi connectivity index (χ2v) is 4.79. The Hall–Kier alpha value is -2.04. The highest BCUT2D eigenvalue weighted by molar-refractivity contribution is 6.32. The molecule has 2 N–H and O–H groups in total. The third-order valence-electron chi connectivity index (χ3n) is 2.86. The van der Waals surface area contributed by atoms with Gasteiger partial charge in [0, 0.05) is 5.69 Å². The quantitative estimate of drug-likeness (QED) is 0.890. The van der Waals surface area contributed by atoms with Gasteiger partial charge >= 0.3 is 0 Å². The molecule has 0 heterocycles. The zero-order chi connectivity index (χ0) is 15.2. The standard InChI is InChI=1S/C16H16ClNO3/c1-2-21-14-9-8-12(10-13(14)17)18-16(20)15(19)11-6-4-3-5-7-11/h3-10,15,19H,2H2,1H3,(H,18,20). The number of aliphatic hydroxyl groups is 1. The fraction of sp³-hybridized carbons (Fsp3) is 0.188. The molecule has 0 saturated heterocycles. The van der Waals surface area contributed by atoms with Crippen LogP contribution in [0.15, 0.2) is 48.5 Å². The van der Waals surface area contributed by atoms with E-state index in [1.165, 1.54) is 0 Å². The highest BCUT2D eigenvalue weighted by Crippen LogP contribution is 2.28. The van der Waals surface area contributed by atoms with Gasteiger partial charge in [-0.05, 0) is 30.7 Å². The van der Waals surface area contributed by atoms with E-state index in [9.17, 15) is 9.90 Å². The molecule has 0 fully saturated rings. The molecular weight excluding hydrogens is 290 g/mol. The number of rotatable bonds is 5. The van der Waals surface area contributed by atoms with Gasteiger partial charge < -0.3 is 15.2 Å². The molecule has 110 valence electrons. The smallest absolute Gasteiger partial charge is 0.257 e. The maximum absolute atomic E-state index is 12.0. The van der Waals surface area contributed by atoms with Crippen molar-refractivity contribution in [1.82, 2.24) is 0 Å². The summed E-state index contributed by atoms with van der Waals surface area (Å²) in [4.78, 5) is 12.0. The molecule has 0 radical (unpaired) electrons. The summed E-state index contributed by atoms with van der Waals surface area (Å²) in [5, 5.41) is 13.0. The summed E-state index contributed by atoms with van der Waals surface area (Å²) in [5.74, 6) is 0.0437. The summed E-state index contributed by atoms with van der Waals surface area (Å²) in [7, 11) is 0. The van der Waals surface area contributed by atoms with Crippen LogP contribution in [0.3, 0.4) is 0 Å². The zero-order valence-electron chi connectivity index (χ0n) is 11.5. The summed E-state index contributed by atoms with van der Waals surface area (Å²) in [6, 6.07) is 13.7. The van der Waals surface area contributed by atoms with Gasteiger partial charge in [0.2, 0.25) is 0 Å². The van der Waals surface area contributed by atoms with Crippen LogP contribution in [0.25, 0.3) is 0 Å². The molecule has 0 aromatic heterocycles. The zero-order valence-corrected chi connectivity index (χ0v) is 12.3. The SMILES string of the molecule is CCOc1ccc(NC(=O)C(O)c2ccccc2)cc1Cl. The first-order chi connectivity index (χ1) is 10.1. The fourth-order valence-electron chi connectivity index (χ4n) is 1.85. The average Bonchev–Trinajstić information content (AvgIpc) is 2.50. The maximum atomic E-state index is 12.0. The van der Waals surface area contributed by atoms with Gasteiger partial charge in [0.05, 0.1) is 11.6 Å². The van der Waals surface area contributed by atoms with Crippen molar-refractivity contribution < 1.29 is 14.6 Å². The number of amides is 1. The van der Waals surface area contributed by atoms with Crippen molar-refractivity contribution in [3.63, 3.8) is 0 Å². The summed E-state index contributed by atoms with van der Waals surface area (Å²) in [6.07, 6.45) is -1.23. The van der Waals surface area contributed by atoms with Gasteiger partial charge in [-0.15, -0.1) is 0 Å². The molecule has 0 saturated carbocycles. The lowest BCUT2D eigenvalue weighted by Gasteiger charge is -2.13. The predicted octanol–water partition coefficient (Wildman–Crippen LogP) is 3.41. The van der Waals surface area contributed by atoms with Gasteiger partial charge in [0.25, 0.3) is 5.91 Å². The third kappa shape index (κ3) is 3.97. The van der Waals surface area contributed by atoms with Gasteiger partial charge in [-0.2, -0.15) is 0 Å². The average molecular weight is 306 g/mol. The van der Waals surface area contributed by atoms with E-state index in [-0.39, 0.29) is 0 Å². The van der Waals surface area contributed by atoms with Crippen LogP contribution in [0.1, 0.15) is 18.6 Å². The van der Waals surface area contributed by atoms with E-state index in [0.717, 1.165) is 0 Å². The van der Waals surface area contributed by atoms with Crippen molar-refractivity contribution in [1.29, 1.82) is 0 Å². The molecule has 2 rings (SSSR count). The Kier molecular flexibility index (Phi) is 5.20. The Morgan fingerprint density at radius 2 is 2.00 bits per heavy atom. The van der Waals surface area contributed by atoms with E-state index in [4.69, 9.17) is 16.3 Å². The first kappa shape index (κ1) is 15.4. The van der Waals surface area contributed by atoms with Crippen molar-refractivity contribution in [2.45, 2.75) is 13.0 Å². The topological polar surface area (TPSA) is 58.6 Å². The van der Waals surface area contributed by atoms with Crippen molar-refractivity contribution in [3.05, 3.63) is 59.1 Å². The number of carbonyl (C=O) groups excluding carboxylic acids is 1. The predicted molar refractivity (Wildman–Crippen MR) is 82.7 cm³/mol. The number of halogens is 1. The third-order valence-corrected chi connectivity index (χ3v) is 3.16. The minimum absolute atomic E-state index is 0.406. The minimum atomic E-state index is -1.23. The van der Waals surface area contributed by atoms with Gasteiger partial charge in [0.1, 0.15) is 5.75 Å². The number of benzene rings is 2. The molecule has 2 aromatic carbocycles. The second kappa shape index (κ2) is 7.11. The van der Waals surface area contributed by atoms with Crippen LogP contribution in [-0.2, 0) is 4.79 Å². The summed E-state index contributed by atoms with van der Waals surface area (Å²) in [5.41, 5.74) is 1.04. The Bertz CT molecular complexity index is 616. The lowest BCUT2D eigenvalue weighted by atomic mass is 10.1. The Morgan fingerprint density at radius 1 is 1.29 bits per heavy atom. The Labute approximate surface area is 128 Å². The summed E-state index contributed by atoms with van der Waals surface area (Å²) >= 11 is 6.05. The monoisotopic (exact) mass is 305 g/mol. The van der Waals surface area contributed by atoms with E-state index in [2.05, 4.69) is 5.32 Å². The molecule has 1 unspecified atom stereocenters. The number of hydrogen-bond donors (Lipinski definition) is 2. The van der Waals surface area contributed by atoms with Crippen LogP contribution in [0.2, 0.25) is 5.02 Å². The van der Waals surface area contributed by atoms with Crippen molar-refractivity contribution in [2.75, 3.05) is 11.9 Å². The molecule has 4 nitrogen and oxygen atoms in total. The molecule has 0 spiro atoms. The highest BCUT2D eigenvalue weighted by atomic mass is 35.5. The Balaban J connectivity index is 2.07. The van der Waals surface area contributed by atoms with Crippen LogP contribution in [0.4, 0.5) is 5.69 Å². The van der Waals surface area contributed by atoms with E-state index < -0.39 is 12.0 Å². The number of ether oxygens (including phenoxy) is 1. The van der Waals surface area contributed by atoms with Gasteiger partial charge in [-0.25, -0.2) is 0 Å². The number of aliphatic hydroxyl groups excluding tert-OH is 1. The lowest BCUT2D eigenvalue weighted by molar-refractivity contribution is -0.124. The van der Waals surface area contributed by atoms with Crippen LogP contribution in [0, 0.1) is 0 Å². The molecular formula is C16H16ClNO3. The van der Waals surface area contributed by atoms with Gasteiger partial charge in [-0.3, -0.25) is 4.79 Å². The first-order valence-corrected chi connectivity index (χ1v) is 6.96. The van der Waals surface area contributed by atoms with Crippen molar-refractivity contribution >= 4 is 23.2 Å². The number of carbonyl (C=O) groups is 1. The van der Waals surface area contributed by atoms with E-state index in [1.54, 1.807) is 42.5 Å². The first-order valence-electron chi connectivity index (χ1n) is 6.58. The summed E-state index contributed by atoms with van der Waals surface area (Å²) < 4.78 is 5.32. The maximum Gasteiger partial charge on any atom is 0.257 e. The molecule has 1 amide bonds. The van der Waals surface area contributed by atoms with E-state index in [1.807, 2.05) is 13.0 Å². The fourth-order valence-corrected chi connectivity index (χ4v) is 2.08. The largest absolute Gasteiger partial charge is 0.492 e. The van der Waals surface area contributed by atoms with E-state index >= 15 is 0 Å². The second-order valence-electron chi connectivity index (χ2n) is 4.38. The van der Waals surface area contributed by atoms with Crippen LogP contribution < -0.4 is 10.1 Å². The van der Waals surface area contributed by atoms with Gasteiger partial charge in [-0.1, -0.05) is 41.9 Å². The van der Waals surface area contributed by atoms with Gasteiger partial charge in [0.15, 0.2) is 6.10 Å². The van der Waals surface area contributed by atoms with Crippen LogP contribution in [0.5, 0.6) is 5.75 Å². The minimum Gasteiger partial charge on any atom is -0.492 e. The van der Waals surface area contributed by atoms with Crippen molar-refractivity contribution in [3.8, 4) is 5.75 Å². The van der Waals surface area contributed by atoms with Crippen LogP contribution >= 0.6 is 11.6 Å². The molecule has 0 aliphatic carbocycles. The Morgan fingerprint density at radius 3 is 2.62 bits per heavy atom. The highest BCUT2D eigenvalue weighted by Gasteiger charge is 2.17. The molecule has 0 bridgehead atoms. The van der Waals surface area contributed by atoms with Crippen molar-refractivity contribution in [2.24, 2.45) is 0 Å². The molecule has 2 aromatic rings.